The van der Waals surface area contributed by atoms with Gasteiger partial charge in [0, 0.05) is 0 Å². The predicted octanol–water partition coefficient (Wildman–Crippen LogP) is 7.04. The van der Waals surface area contributed by atoms with Crippen molar-refractivity contribution in [3.8, 4) is 0 Å². The number of rotatable bonds is 6. The molecule has 4 rings (SSSR count). The monoisotopic (exact) mass is 518 g/mol. The maximum atomic E-state index is 14.9. The highest BCUT2D eigenvalue weighted by atomic mass is 32.3. The molecule has 3 fully saturated rings. The van der Waals surface area contributed by atoms with Gasteiger partial charge in [-0.25, -0.2) is 8.42 Å². The number of halogens is 2. The van der Waals surface area contributed by atoms with E-state index in [-0.39, 0.29) is 17.8 Å². The van der Waals surface area contributed by atoms with Crippen LogP contribution >= 0.6 is 0 Å². The van der Waals surface area contributed by atoms with Crippen molar-refractivity contribution < 1.29 is 30.2 Å². The van der Waals surface area contributed by atoms with Crippen molar-refractivity contribution in [2.45, 2.75) is 124 Å². The minimum absolute atomic E-state index is 0.207. The third kappa shape index (κ3) is 4.94. The molecule has 0 aromatic heterocycles. The fourth-order valence-corrected chi connectivity index (χ4v) is 9.04. The Kier molecular flexibility index (Phi) is 7.75. The van der Waals surface area contributed by atoms with E-state index in [9.17, 15) is 30.2 Å². The highest BCUT2D eigenvalue weighted by Crippen LogP contribution is 2.48. The smallest absolute Gasteiger partial charge is 0.280 e. The van der Waals surface area contributed by atoms with Crippen molar-refractivity contribution in [1.82, 2.24) is 0 Å². The first-order valence-electron chi connectivity index (χ1n) is 12.8. The lowest BCUT2D eigenvalue weighted by molar-refractivity contribution is 0.166. The maximum Gasteiger partial charge on any atom is 0.474 e. The zero-order valence-corrected chi connectivity index (χ0v) is 21.3. The van der Waals surface area contributed by atoms with Gasteiger partial charge in [-0.15, -0.1) is 0 Å². The Morgan fingerprint density at radius 1 is 0.647 bits per heavy atom. The molecule has 9 heteroatoms. The molecule has 1 aromatic rings. The van der Waals surface area contributed by atoms with Crippen molar-refractivity contribution in [2.75, 3.05) is 0 Å². The second-order valence-corrected chi connectivity index (χ2v) is 14.1. The second kappa shape index (κ2) is 10.1. The van der Waals surface area contributed by atoms with Gasteiger partial charge in [0.05, 0.1) is 4.90 Å². The van der Waals surface area contributed by atoms with Gasteiger partial charge in [-0.2, -0.15) is 17.2 Å². The Morgan fingerprint density at radius 3 is 1.35 bits per heavy atom. The summed E-state index contributed by atoms with van der Waals surface area (Å²) in [5.41, 5.74) is 1.72. The van der Waals surface area contributed by atoms with E-state index in [0.717, 1.165) is 76.2 Å². The summed E-state index contributed by atoms with van der Waals surface area (Å²) in [6.07, 6.45) is 13.6. The normalized spacial score (nSPS) is 22.7. The molecular formula is C25H36F2O5S2. The van der Waals surface area contributed by atoms with Gasteiger partial charge in [0.25, 0.3) is 9.84 Å². The van der Waals surface area contributed by atoms with E-state index >= 15 is 0 Å². The van der Waals surface area contributed by atoms with Crippen LogP contribution in [-0.2, 0) is 20.0 Å². The largest absolute Gasteiger partial charge is 0.474 e. The molecule has 0 heterocycles. The lowest BCUT2D eigenvalue weighted by Gasteiger charge is -2.33. The lowest BCUT2D eigenvalue weighted by atomic mass is 9.76. The molecule has 3 aliphatic rings. The van der Waals surface area contributed by atoms with E-state index in [1.54, 1.807) is 12.1 Å². The van der Waals surface area contributed by atoms with Gasteiger partial charge >= 0.3 is 14.7 Å². The molecular weight excluding hydrogens is 482 g/mol. The Hall–Kier alpha value is -1.06. The summed E-state index contributed by atoms with van der Waals surface area (Å²) in [5, 5.41) is 0. The first kappa shape index (κ1) is 26.0. The zero-order chi connectivity index (χ0) is 24.6. The third-order valence-electron chi connectivity index (χ3n) is 8.22. The number of alkyl halides is 2. The highest BCUT2D eigenvalue weighted by Gasteiger charge is 2.59. The molecule has 1 N–H and O–H groups in total. The molecule has 0 atom stereocenters. The Morgan fingerprint density at radius 2 is 1.00 bits per heavy atom. The van der Waals surface area contributed by atoms with Gasteiger partial charge in [-0.3, -0.25) is 4.55 Å². The van der Waals surface area contributed by atoms with E-state index in [1.807, 2.05) is 0 Å². The number of hydrogen-bond donors (Lipinski definition) is 1. The fraction of sp³-hybridized carbons (Fsp3) is 0.760. The molecule has 3 aliphatic carbocycles. The summed E-state index contributed by atoms with van der Waals surface area (Å²) in [6.45, 7) is 0. The van der Waals surface area contributed by atoms with Crippen molar-refractivity contribution in [3.63, 3.8) is 0 Å². The minimum Gasteiger partial charge on any atom is -0.280 e. The predicted molar refractivity (Wildman–Crippen MR) is 128 cm³/mol. The summed E-state index contributed by atoms with van der Waals surface area (Å²) in [5.74, 6) is -0.152. The standard InChI is InChI=1S/C25H36F2O5S2/c26-25(27,34(30,31)32)33(28,29)24-22(19-12-6-2-7-13-19)16-21(18-10-4-1-5-11-18)17-23(24)20-14-8-3-9-15-20/h16-20H,1-15H2,(H,30,31,32). The van der Waals surface area contributed by atoms with Gasteiger partial charge in [0.15, 0.2) is 0 Å². The van der Waals surface area contributed by atoms with E-state index in [2.05, 4.69) is 0 Å². The summed E-state index contributed by atoms with van der Waals surface area (Å²) >= 11 is 0. The highest BCUT2D eigenvalue weighted by molar-refractivity contribution is 8.07. The quantitative estimate of drug-likeness (QED) is 0.408. The van der Waals surface area contributed by atoms with Crippen molar-refractivity contribution in [2.24, 2.45) is 0 Å². The average Bonchev–Trinajstić information content (AvgIpc) is 2.84. The molecule has 0 bridgehead atoms. The van der Waals surface area contributed by atoms with E-state index in [0.29, 0.717) is 36.8 Å². The Labute approximate surface area is 202 Å². The van der Waals surface area contributed by atoms with Crippen LogP contribution in [0.3, 0.4) is 0 Å². The molecule has 5 nitrogen and oxygen atoms in total. The molecule has 0 spiro atoms. The van der Waals surface area contributed by atoms with Crippen LogP contribution < -0.4 is 0 Å². The number of hydrogen-bond acceptors (Lipinski definition) is 4. The van der Waals surface area contributed by atoms with Crippen molar-refractivity contribution in [1.29, 1.82) is 0 Å². The van der Waals surface area contributed by atoms with Gasteiger partial charge in [-0.05, 0) is 73.0 Å². The van der Waals surface area contributed by atoms with E-state index in [4.69, 9.17) is 0 Å². The SMILES string of the molecule is O=S(=O)(O)C(F)(F)S(=O)(=O)c1c(C2CCCCC2)cc(C2CCCCC2)cc1C1CCCCC1. The summed E-state index contributed by atoms with van der Waals surface area (Å²) in [4.78, 5) is -0.520. The zero-order valence-electron chi connectivity index (χ0n) is 19.6. The average molecular weight is 519 g/mol. The lowest BCUT2D eigenvalue weighted by Crippen LogP contribution is -2.39. The summed E-state index contributed by atoms with van der Waals surface area (Å²) < 4.78 is 83.8. The first-order valence-corrected chi connectivity index (χ1v) is 15.7. The number of sulfone groups is 1. The molecule has 3 saturated carbocycles. The molecule has 0 radical (unpaired) electrons. The van der Waals surface area contributed by atoms with Crippen LogP contribution in [0.4, 0.5) is 8.78 Å². The maximum absolute atomic E-state index is 14.9. The van der Waals surface area contributed by atoms with Gasteiger partial charge < -0.3 is 0 Å². The second-order valence-electron chi connectivity index (χ2n) is 10.5. The van der Waals surface area contributed by atoms with Crippen LogP contribution in [-0.4, -0.2) is 26.0 Å². The van der Waals surface area contributed by atoms with Crippen LogP contribution in [0.5, 0.6) is 0 Å². The van der Waals surface area contributed by atoms with Crippen LogP contribution in [0, 0.1) is 0 Å². The third-order valence-corrected chi connectivity index (χ3v) is 11.7. The molecule has 1 aromatic carbocycles. The molecule has 0 amide bonds. The molecule has 0 aliphatic heterocycles. The van der Waals surface area contributed by atoms with Gasteiger partial charge in [-0.1, -0.05) is 69.9 Å². The molecule has 34 heavy (non-hydrogen) atoms. The summed E-state index contributed by atoms with van der Waals surface area (Å²) in [7, 11) is -11.8. The Bertz CT molecular complexity index is 1040. The van der Waals surface area contributed by atoms with E-state index in [1.165, 1.54) is 0 Å². The minimum atomic E-state index is -6.16. The molecule has 0 saturated heterocycles. The fourth-order valence-electron chi connectivity index (χ4n) is 6.37. The van der Waals surface area contributed by atoms with Crippen molar-refractivity contribution >= 4 is 20.0 Å². The Balaban J connectivity index is 1.97. The van der Waals surface area contributed by atoms with Crippen LogP contribution in [0.1, 0.15) is 131 Å². The molecule has 0 unspecified atom stereocenters. The van der Waals surface area contributed by atoms with Gasteiger partial charge in [0.1, 0.15) is 0 Å². The summed E-state index contributed by atoms with van der Waals surface area (Å²) in [6, 6.07) is 3.59. The van der Waals surface area contributed by atoms with Gasteiger partial charge in [0.2, 0.25) is 0 Å². The van der Waals surface area contributed by atoms with Crippen LogP contribution in [0.25, 0.3) is 0 Å². The van der Waals surface area contributed by atoms with Crippen LogP contribution in [0.15, 0.2) is 17.0 Å². The first-order chi connectivity index (χ1) is 16.0. The van der Waals surface area contributed by atoms with Crippen molar-refractivity contribution in [3.05, 3.63) is 28.8 Å². The molecule has 192 valence electrons. The van der Waals surface area contributed by atoms with Crippen LogP contribution in [0.2, 0.25) is 0 Å². The number of benzene rings is 1. The van der Waals surface area contributed by atoms with E-state index < -0.39 is 29.4 Å². The topological polar surface area (TPSA) is 88.5 Å².